The highest BCUT2D eigenvalue weighted by Crippen LogP contribution is 2.43. The van der Waals surface area contributed by atoms with Crippen LogP contribution in [0.25, 0.3) is 93.6 Å². The van der Waals surface area contributed by atoms with Gasteiger partial charge >= 0.3 is 0 Å². The summed E-state index contributed by atoms with van der Waals surface area (Å²) in [6.07, 6.45) is 0. The van der Waals surface area contributed by atoms with E-state index in [0.717, 1.165) is 20.8 Å². The van der Waals surface area contributed by atoms with E-state index < -0.39 is 166 Å². The molecule has 0 saturated carbocycles. The molecule has 51 heavy (non-hydrogen) atoms. The van der Waals surface area contributed by atoms with Gasteiger partial charge < -0.3 is 13.7 Å². The van der Waals surface area contributed by atoms with E-state index in [1.54, 1.807) is 18.2 Å². The number of fused-ring (bicyclic) bond motifs is 10. The van der Waals surface area contributed by atoms with Gasteiger partial charge in [-0.1, -0.05) is 115 Å². The van der Waals surface area contributed by atoms with Crippen molar-refractivity contribution >= 4 is 65.4 Å². The molecule has 0 aliphatic carbocycles. The van der Waals surface area contributed by atoms with Gasteiger partial charge in [-0.05, 0) is 83.7 Å². The van der Waals surface area contributed by atoms with Crippen molar-refractivity contribution in [1.82, 2.24) is 13.7 Å². The fraction of sp³-hybridized carbons (Fsp3) is 0. The minimum atomic E-state index is -0.882. The van der Waals surface area contributed by atoms with E-state index in [4.69, 9.17) is 16.4 Å². The first-order valence-electron chi connectivity index (χ1n) is 26.3. The van der Waals surface area contributed by atoms with Crippen LogP contribution in [0.1, 0.15) is 28.8 Å². The van der Waals surface area contributed by atoms with Gasteiger partial charge in [-0.3, -0.25) is 0 Å². The zero-order valence-electron chi connectivity index (χ0n) is 47.1. The van der Waals surface area contributed by atoms with Gasteiger partial charge in [0.25, 0.3) is 0 Å². The molecular weight excluding hydrogens is 619 g/mol. The molecule has 3 nitrogen and oxygen atoms in total. The normalized spacial score (nSPS) is 17.7. The Hall–Kier alpha value is -6.84. The van der Waals surface area contributed by atoms with Crippen molar-refractivity contribution in [2.45, 2.75) is 0 Å². The highest BCUT2D eigenvalue weighted by atomic mass is 15.0. The van der Waals surface area contributed by atoms with Crippen LogP contribution in [0.5, 0.6) is 0 Å². The zero-order chi connectivity index (χ0) is 51.7. The molecule has 11 rings (SSSR count). The minimum Gasteiger partial charge on any atom is -0.309 e. The number of nitrogens with zero attached hydrogens (tertiary/aromatic N) is 3. The first-order chi connectivity index (χ1) is 34.1. The second-order valence-electron chi connectivity index (χ2n) is 11.8. The van der Waals surface area contributed by atoms with Gasteiger partial charge in [-0.15, -0.1) is 0 Å². The highest BCUT2D eigenvalue weighted by molar-refractivity contribution is 6.29. The lowest BCUT2D eigenvalue weighted by Crippen LogP contribution is -1.96. The molecule has 0 unspecified atom stereocenters. The molecule has 0 saturated heterocycles. The van der Waals surface area contributed by atoms with Gasteiger partial charge in [-0.25, -0.2) is 0 Å². The third-order valence-electron chi connectivity index (χ3n) is 9.09. The van der Waals surface area contributed by atoms with Crippen LogP contribution in [0, 0.1) is 0 Å². The molecule has 238 valence electrons. The lowest BCUT2D eigenvalue weighted by molar-refractivity contribution is 1.16. The number of para-hydroxylation sites is 4. The molecule has 0 spiro atoms. The van der Waals surface area contributed by atoms with Crippen molar-refractivity contribution in [3.05, 3.63) is 188 Å². The second kappa shape index (κ2) is 10.8. The van der Waals surface area contributed by atoms with Crippen molar-refractivity contribution in [2.75, 3.05) is 0 Å². The summed E-state index contributed by atoms with van der Waals surface area (Å²) in [6, 6.07) is 2.20. The summed E-state index contributed by atoms with van der Waals surface area (Å²) in [7, 11) is 0. The predicted molar refractivity (Wildman–Crippen MR) is 215 cm³/mol. The predicted octanol–water partition coefficient (Wildman–Crippen LogP) is 12.6. The molecule has 0 fully saturated rings. The van der Waals surface area contributed by atoms with Gasteiger partial charge in [-0.2, -0.15) is 0 Å². The maximum Gasteiger partial charge on any atom is 0.0652 e. The first-order valence-corrected chi connectivity index (χ1v) is 15.8. The Morgan fingerprint density at radius 3 is 1.65 bits per heavy atom. The summed E-state index contributed by atoms with van der Waals surface area (Å²) >= 11 is 0. The van der Waals surface area contributed by atoms with E-state index in [1.807, 2.05) is 36.4 Å². The summed E-state index contributed by atoms with van der Waals surface area (Å²) in [4.78, 5) is 0. The minimum absolute atomic E-state index is 0.134. The number of aromatic nitrogens is 3. The van der Waals surface area contributed by atoms with Gasteiger partial charge in [0.1, 0.15) is 0 Å². The number of rotatable bonds is 4. The molecule has 0 amide bonds. The van der Waals surface area contributed by atoms with Crippen molar-refractivity contribution < 1.29 is 28.8 Å². The molecule has 0 aliphatic heterocycles. The van der Waals surface area contributed by atoms with E-state index >= 15 is 0 Å². The fourth-order valence-corrected chi connectivity index (χ4v) is 7.01. The Labute approximate surface area is 324 Å². The van der Waals surface area contributed by atoms with E-state index in [1.165, 1.54) is 4.57 Å². The molecule has 3 heteroatoms. The molecular formula is C48H31N3. The Morgan fingerprint density at radius 2 is 0.902 bits per heavy atom. The van der Waals surface area contributed by atoms with E-state index in [9.17, 15) is 12.3 Å². The molecule has 0 atom stereocenters. The van der Waals surface area contributed by atoms with Crippen molar-refractivity contribution in [2.24, 2.45) is 0 Å². The van der Waals surface area contributed by atoms with Gasteiger partial charge in [0, 0.05) is 49.4 Å². The molecule has 0 aliphatic rings. The fourth-order valence-electron chi connectivity index (χ4n) is 7.01. The topological polar surface area (TPSA) is 14.8 Å². The summed E-state index contributed by atoms with van der Waals surface area (Å²) in [6.45, 7) is 0. The van der Waals surface area contributed by atoms with E-state index in [2.05, 4.69) is 0 Å². The third kappa shape index (κ3) is 4.06. The maximum atomic E-state index is 10.0. The van der Waals surface area contributed by atoms with Crippen molar-refractivity contribution in [3.8, 4) is 28.2 Å². The van der Waals surface area contributed by atoms with Crippen molar-refractivity contribution in [1.29, 1.82) is 0 Å². The van der Waals surface area contributed by atoms with Crippen LogP contribution >= 0.6 is 0 Å². The standard InChI is InChI=1S/C48H31N3/c1-3-14-32(15-4-1)33-16-13-19-35(30-33)50-42-24-11-8-21-38(42)47-45(50)28-29-46-48(47)39-22-9-12-25-43(39)51(46)36-26-27-44-40(31-36)37-20-7-10-23-41(37)49(44)34-17-5-2-6-18-34/h1-31H/i2D,5D,6D,8D,9D,10D,11D,12D,17D,18D,20D,21D,22D,23D,24D,25D,26D,27D,28D,29D,31D. The Kier molecular flexibility index (Phi) is 3.09. The SMILES string of the molecule is [2H]c1cc([2H])c2c3c([2H])c(-n4c5c([2H])c([2H])c([2H])c([2H])c5c5c6c7c([2H])c([2H])c([2H])c([2H])c7n(-c7cccc(-c8ccccc8)c7)c6c([2H])c([2H])c54)c([2H])c([2H])c3n(-c3c([2H])c([2H])c([2H])c([2H])c3[2H])c2c1[2H]. The summed E-state index contributed by atoms with van der Waals surface area (Å²) < 4.78 is 195. The number of benzene rings is 8. The van der Waals surface area contributed by atoms with Crippen LogP contribution in [0.2, 0.25) is 0 Å². The molecule has 0 N–H and O–H groups in total. The second-order valence-corrected chi connectivity index (χ2v) is 11.8. The van der Waals surface area contributed by atoms with Crippen LogP contribution < -0.4 is 0 Å². The van der Waals surface area contributed by atoms with Gasteiger partial charge in [0.05, 0.1) is 61.9 Å². The van der Waals surface area contributed by atoms with Crippen LogP contribution in [-0.2, 0) is 0 Å². The summed E-state index contributed by atoms with van der Waals surface area (Å²) in [5.41, 5.74) is -1.54. The maximum absolute atomic E-state index is 10.0. The van der Waals surface area contributed by atoms with Crippen LogP contribution in [-0.4, -0.2) is 13.7 Å². The molecule has 0 bridgehead atoms. The van der Waals surface area contributed by atoms with Crippen LogP contribution in [0.15, 0.2) is 188 Å². The first kappa shape index (κ1) is 14.6. The molecule has 8 aromatic carbocycles. The number of hydrogen-bond acceptors (Lipinski definition) is 0. The van der Waals surface area contributed by atoms with Crippen LogP contribution in [0.3, 0.4) is 0 Å². The van der Waals surface area contributed by atoms with E-state index in [0.29, 0.717) is 11.3 Å². The lowest BCUT2D eigenvalue weighted by atomic mass is 10.0. The molecule has 3 heterocycles. The Morgan fingerprint density at radius 1 is 0.333 bits per heavy atom. The zero-order valence-corrected chi connectivity index (χ0v) is 26.1. The van der Waals surface area contributed by atoms with E-state index in [-0.39, 0.29) is 38.0 Å². The third-order valence-corrected chi connectivity index (χ3v) is 9.09. The summed E-state index contributed by atoms with van der Waals surface area (Å²) in [5.74, 6) is 0. The van der Waals surface area contributed by atoms with Crippen LogP contribution in [0.4, 0.5) is 0 Å². The van der Waals surface area contributed by atoms with Gasteiger partial charge in [0.2, 0.25) is 0 Å². The molecule has 11 aromatic rings. The highest BCUT2D eigenvalue weighted by Gasteiger charge is 2.21. The number of hydrogen-bond donors (Lipinski definition) is 0. The average Bonchev–Trinajstić information content (AvgIpc) is 4.04. The largest absolute Gasteiger partial charge is 0.309 e. The average molecular weight is 671 g/mol. The van der Waals surface area contributed by atoms with Gasteiger partial charge in [0.15, 0.2) is 0 Å². The Balaban J connectivity index is 1.41. The quantitative estimate of drug-likeness (QED) is 0.177. The Bertz CT molecular complexity index is 4310. The monoisotopic (exact) mass is 670 g/mol. The molecule has 0 radical (unpaired) electrons. The lowest BCUT2D eigenvalue weighted by Gasteiger charge is -2.11. The molecule has 3 aromatic heterocycles. The van der Waals surface area contributed by atoms with Crippen molar-refractivity contribution in [3.63, 3.8) is 0 Å². The smallest absolute Gasteiger partial charge is 0.0652 e. The summed E-state index contributed by atoms with van der Waals surface area (Å²) in [5, 5.41) is -1.59.